The van der Waals surface area contributed by atoms with E-state index < -0.39 is 142 Å². The third-order valence-corrected chi connectivity index (χ3v) is 14.4. The number of ketones is 1. The molecule has 6 N–H and O–H groups in total. The van der Waals surface area contributed by atoms with Gasteiger partial charge in [0.25, 0.3) is 0 Å². The predicted octanol–water partition coefficient (Wildman–Crippen LogP) is 3.21. The van der Waals surface area contributed by atoms with E-state index in [1.165, 1.54) is 52.0 Å². The number of fused-ring (bicyclic) bond motifs is 5. The Balaban J connectivity index is 1.48. The zero-order valence-electron chi connectivity index (χ0n) is 40.8. The summed E-state index contributed by atoms with van der Waals surface area (Å²) in [5.41, 5.74) is -8.43. The molecular weight excluding hydrogens is 913 g/mol. The fraction of sp³-hybridized carbons (Fsp3) is 0.569. The average Bonchev–Trinajstić information content (AvgIpc) is 3.27. The van der Waals surface area contributed by atoms with Crippen LogP contribution < -0.4 is 10.6 Å². The number of hydrogen-bond acceptors (Lipinski definition) is 16. The standard InChI is InChI=1S/C51H64N2O17/c1-26-32(68-46(64)39(60)38(29-16-12-10-13-17-29)53-44(62)31(20-21-36(58)59)52-35(57)24-47(4,5)6)23-51(65)43(69-45(63)30-18-14-11-15-19-30)41-49(9,33(56)22-34-50(41,25-66-34)70-28(3)55)42(61)40(67-27(2)54)37(26)48(51,7)8/h10-19,31-34,38-41,43,56,60,65H,20-25H2,1-9H3,(H,52,57)(H,53,62)(H,58,59)/t31-,32+,33+,34-,38+,39-,40-,41+,43+,49-,50+,51-/m1/s1. The van der Waals surface area contributed by atoms with Crippen LogP contribution in [0.1, 0.15) is 116 Å². The lowest BCUT2D eigenvalue weighted by Crippen LogP contribution is -2.82. The molecule has 380 valence electrons. The smallest absolute Gasteiger partial charge is 0.338 e. The van der Waals surface area contributed by atoms with E-state index in [0.717, 1.165) is 13.8 Å². The summed E-state index contributed by atoms with van der Waals surface area (Å²) in [6, 6.07) is 12.5. The van der Waals surface area contributed by atoms with Crippen LogP contribution >= 0.6 is 0 Å². The maximum absolute atomic E-state index is 15.6. The highest BCUT2D eigenvalue weighted by Gasteiger charge is 2.78. The molecule has 12 atom stereocenters. The summed E-state index contributed by atoms with van der Waals surface area (Å²) in [7, 11) is 0. The molecule has 0 spiro atoms. The molecule has 4 aliphatic rings. The Bertz CT molecular complexity index is 2410. The van der Waals surface area contributed by atoms with Crippen molar-refractivity contribution in [3.63, 3.8) is 0 Å². The molecule has 3 aliphatic carbocycles. The van der Waals surface area contributed by atoms with Crippen LogP contribution in [-0.4, -0.2) is 128 Å². The lowest BCUT2D eigenvalue weighted by atomic mass is 9.44. The fourth-order valence-corrected chi connectivity index (χ4v) is 10.9. The van der Waals surface area contributed by atoms with E-state index in [1.54, 1.807) is 57.2 Å². The van der Waals surface area contributed by atoms with Crippen LogP contribution in [-0.2, 0) is 57.2 Å². The number of aliphatic carboxylic acids is 1. The first-order chi connectivity index (χ1) is 32.6. The summed E-state index contributed by atoms with van der Waals surface area (Å²) in [4.78, 5) is 109. The zero-order chi connectivity index (χ0) is 51.9. The Morgan fingerprint density at radius 1 is 0.886 bits per heavy atom. The van der Waals surface area contributed by atoms with Gasteiger partial charge < -0.3 is 54.7 Å². The predicted molar refractivity (Wildman–Crippen MR) is 245 cm³/mol. The van der Waals surface area contributed by atoms with Crippen molar-refractivity contribution in [2.45, 2.75) is 154 Å². The molecule has 19 nitrogen and oxygen atoms in total. The number of aliphatic hydroxyl groups is 3. The van der Waals surface area contributed by atoms with Gasteiger partial charge in [0.2, 0.25) is 11.8 Å². The number of Topliss-reactive ketones (excluding diaryl/α,β-unsaturated/α-hetero) is 1. The normalized spacial score (nSPS) is 30.2. The monoisotopic (exact) mass is 976 g/mol. The van der Waals surface area contributed by atoms with Crippen LogP contribution in [0.25, 0.3) is 0 Å². The van der Waals surface area contributed by atoms with E-state index in [9.17, 15) is 54.0 Å². The summed E-state index contributed by atoms with van der Waals surface area (Å²) in [5.74, 6) is -9.36. The second kappa shape index (κ2) is 20.0. The van der Waals surface area contributed by atoms with Gasteiger partial charge in [-0.3, -0.25) is 28.8 Å². The number of aliphatic hydroxyl groups excluding tert-OH is 2. The number of carboxylic acid groups (broad SMARTS) is 1. The summed E-state index contributed by atoms with van der Waals surface area (Å²) in [5, 5.41) is 52.5. The van der Waals surface area contributed by atoms with E-state index in [0.29, 0.717) is 0 Å². The number of nitrogens with one attached hydrogen (secondary N) is 2. The highest BCUT2D eigenvalue weighted by Crippen LogP contribution is 2.64. The number of hydrogen-bond donors (Lipinski definition) is 6. The number of carbonyl (C=O) groups excluding carboxylic acids is 7. The van der Waals surface area contributed by atoms with Crippen molar-refractivity contribution >= 4 is 47.4 Å². The molecule has 2 aromatic carbocycles. The van der Waals surface area contributed by atoms with Gasteiger partial charge in [-0.25, -0.2) is 9.59 Å². The van der Waals surface area contributed by atoms with Crippen LogP contribution in [0.5, 0.6) is 0 Å². The van der Waals surface area contributed by atoms with Gasteiger partial charge in [-0.1, -0.05) is 83.1 Å². The van der Waals surface area contributed by atoms with Crippen molar-refractivity contribution in [1.29, 1.82) is 0 Å². The van der Waals surface area contributed by atoms with Crippen molar-refractivity contribution in [2.24, 2.45) is 22.2 Å². The van der Waals surface area contributed by atoms with E-state index in [2.05, 4.69) is 10.6 Å². The second-order valence-corrected chi connectivity index (χ2v) is 20.8. The van der Waals surface area contributed by atoms with Gasteiger partial charge in [-0.15, -0.1) is 0 Å². The first kappa shape index (κ1) is 53.3. The minimum Gasteiger partial charge on any atom is -0.481 e. The second-order valence-electron chi connectivity index (χ2n) is 20.8. The average molecular weight is 977 g/mol. The van der Waals surface area contributed by atoms with E-state index in [4.69, 9.17) is 23.7 Å². The Hall–Kier alpha value is -6.02. The van der Waals surface area contributed by atoms with E-state index in [-0.39, 0.29) is 48.1 Å². The van der Waals surface area contributed by atoms with Crippen LogP contribution in [0.4, 0.5) is 0 Å². The highest BCUT2D eigenvalue weighted by atomic mass is 16.6. The van der Waals surface area contributed by atoms with Crippen molar-refractivity contribution in [3.05, 3.63) is 82.9 Å². The van der Waals surface area contributed by atoms with Gasteiger partial charge >= 0.3 is 29.8 Å². The Morgan fingerprint density at radius 3 is 2.04 bits per heavy atom. The fourth-order valence-electron chi connectivity index (χ4n) is 10.9. The Kier molecular flexibility index (Phi) is 15.2. The van der Waals surface area contributed by atoms with Crippen LogP contribution in [0.2, 0.25) is 0 Å². The first-order valence-electron chi connectivity index (χ1n) is 23.2. The number of benzene rings is 2. The van der Waals surface area contributed by atoms with Gasteiger partial charge in [-0.05, 0) is 54.5 Å². The molecule has 2 saturated carbocycles. The minimum absolute atomic E-state index is 0.0177. The number of carbonyl (C=O) groups is 8. The summed E-state index contributed by atoms with van der Waals surface area (Å²) in [6.45, 7) is 13.1. The molecule has 1 saturated heterocycles. The molecule has 1 heterocycles. The third kappa shape index (κ3) is 10.1. The molecule has 2 aromatic rings. The number of esters is 4. The van der Waals surface area contributed by atoms with Gasteiger partial charge in [0.15, 0.2) is 23.6 Å². The molecule has 0 unspecified atom stereocenters. The van der Waals surface area contributed by atoms with Gasteiger partial charge in [0.05, 0.1) is 35.6 Å². The van der Waals surface area contributed by atoms with Gasteiger partial charge in [-0.2, -0.15) is 0 Å². The molecule has 0 radical (unpaired) electrons. The van der Waals surface area contributed by atoms with E-state index in [1.807, 2.05) is 0 Å². The number of carboxylic acids is 1. The van der Waals surface area contributed by atoms with Gasteiger partial charge in [0.1, 0.15) is 30.0 Å². The van der Waals surface area contributed by atoms with Crippen molar-refractivity contribution in [3.8, 4) is 0 Å². The summed E-state index contributed by atoms with van der Waals surface area (Å²) < 4.78 is 30.3. The molecule has 6 rings (SSSR count). The van der Waals surface area contributed by atoms with Crippen LogP contribution in [0.3, 0.4) is 0 Å². The number of amides is 2. The lowest BCUT2D eigenvalue weighted by molar-refractivity contribution is -0.346. The highest BCUT2D eigenvalue weighted by molar-refractivity contribution is 5.96. The largest absolute Gasteiger partial charge is 0.481 e. The molecule has 1 aliphatic heterocycles. The maximum Gasteiger partial charge on any atom is 0.338 e. The van der Waals surface area contributed by atoms with Crippen molar-refractivity contribution in [1.82, 2.24) is 10.6 Å². The lowest BCUT2D eigenvalue weighted by Gasteiger charge is -2.67. The summed E-state index contributed by atoms with van der Waals surface area (Å²) in [6.07, 6.45) is -12.1. The molecule has 70 heavy (non-hydrogen) atoms. The molecule has 0 aromatic heterocycles. The van der Waals surface area contributed by atoms with Crippen molar-refractivity contribution in [2.75, 3.05) is 6.61 Å². The van der Waals surface area contributed by atoms with Gasteiger partial charge in [0, 0.05) is 44.9 Å². The number of rotatable bonds is 15. The SMILES string of the molecule is CC(=O)O[C@H]1C(=O)[C@@]2(C)[C@H]([C@H](OC(=O)c3ccccc3)[C@]3(O)C[C@H](OC(=O)[C@H](O)[C@@H](NC(=O)[C@@H](CCC(=O)O)NC(=O)CC(C)(C)C)c4ccccc4)C(C)=C1C3(C)C)[C@]1(OC(C)=O)CO[C@@H]1C[C@@H]2O. The van der Waals surface area contributed by atoms with E-state index >= 15 is 4.79 Å². The van der Waals surface area contributed by atoms with Crippen LogP contribution in [0, 0.1) is 22.2 Å². The van der Waals surface area contributed by atoms with Crippen LogP contribution in [0.15, 0.2) is 71.8 Å². The Morgan fingerprint density at radius 2 is 1.50 bits per heavy atom. The van der Waals surface area contributed by atoms with Crippen molar-refractivity contribution < 1.29 is 82.5 Å². The third-order valence-electron chi connectivity index (χ3n) is 14.4. The molecule has 19 heteroatoms. The zero-order valence-corrected chi connectivity index (χ0v) is 40.8. The minimum atomic E-state index is -2.48. The quantitative estimate of drug-likeness (QED) is 0.0849. The molecule has 3 fully saturated rings. The Labute approximate surface area is 405 Å². The maximum atomic E-state index is 15.6. The molecular formula is C51H64N2O17. The number of ether oxygens (including phenoxy) is 5. The first-order valence-corrected chi connectivity index (χ1v) is 23.2. The molecule has 2 amide bonds. The molecule has 2 bridgehead atoms. The summed E-state index contributed by atoms with van der Waals surface area (Å²) >= 11 is 0. The topological polar surface area (TPSA) is 288 Å².